The zero-order chi connectivity index (χ0) is 19.5. The Balaban J connectivity index is 1.35. The van der Waals surface area contributed by atoms with Crippen LogP contribution < -0.4 is 14.8 Å². The maximum Gasteiger partial charge on any atom is 0.321 e. The summed E-state index contributed by atoms with van der Waals surface area (Å²) in [6.45, 7) is 2.63. The number of nitrogens with zero attached hydrogens (tertiary/aromatic N) is 2. The summed E-state index contributed by atoms with van der Waals surface area (Å²) in [4.78, 5) is 28.9. The molecule has 0 radical (unpaired) electrons. The molecule has 1 N–H and O–H groups in total. The van der Waals surface area contributed by atoms with Gasteiger partial charge in [-0.1, -0.05) is 12.1 Å². The number of anilines is 1. The summed E-state index contributed by atoms with van der Waals surface area (Å²) in [6.07, 6.45) is 0.800. The third-order valence-electron chi connectivity index (χ3n) is 5.16. The van der Waals surface area contributed by atoms with E-state index in [1.807, 2.05) is 24.3 Å². The fourth-order valence-electron chi connectivity index (χ4n) is 3.58. The van der Waals surface area contributed by atoms with Gasteiger partial charge in [0.05, 0.1) is 13.7 Å². The van der Waals surface area contributed by atoms with E-state index in [4.69, 9.17) is 9.47 Å². The number of hydrogen-bond acceptors (Lipinski definition) is 4. The first-order valence-corrected chi connectivity index (χ1v) is 9.39. The number of nitrogens with one attached hydrogen (secondary N) is 1. The SMILES string of the molecule is COc1cccc(C(=O)N2CCN(C(=O)Nc3cccc4c3CCO4)CC2)c1. The zero-order valence-corrected chi connectivity index (χ0v) is 15.8. The third kappa shape index (κ3) is 3.60. The minimum Gasteiger partial charge on any atom is -0.497 e. The van der Waals surface area contributed by atoms with Crippen molar-refractivity contribution in [2.45, 2.75) is 6.42 Å². The highest BCUT2D eigenvalue weighted by Gasteiger charge is 2.26. The molecule has 4 rings (SSSR count). The van der Waals surface area contributed by atoms with Crippen molar-refractivity contribution in [3.05, 3.63) is 53.6 Å². The Morgan fingerprint density at radius 1 is 1.04 bits per heavy atom. The van der Waals surface area contributed by atoms with Crippen molar-refractivity contribution in [1.29, 1.82) is 0 Å². The van der Waals surface area contributed by atoms with E-state index < -0.39 is 0 Å². The van der Waals surface area contributed by atoms with Crippen molar-refractivity contribution in [2.24, 2.45) is 0 Å². The smallest absolute Gasteiger partial charge is 0.321 e. The minimum absolute atomic E-state index is 0.0445. The first-order chi connectivity index (χ1) is 13.7. The van der Waals surface area contributed by atoms with Crippen LogP contribution in [0, 0.1) is 0 Å². The van der Waals surface area contributed by atoms with Crippen molar-refractivity contribution >= 4 is 17.6 Å². The maximum atomic E-state index is 12.7. The topological polar surface area (TPSA) is 71.1 Å². The first kappa shape index (κ1) is 18.2. The van der Waals surface area contributed by atoms with Crippen LogP contribution in [0.2, 0.25) is 0 Å². The second-order valence-electron chi connectivity index (χ2n) is 6.82. The van der Waals surface area contributed by atoms with E-state index in [0.29, 0.717) is 44.1 Å². The molecular formula is C21H23N3O4. The molecule has 0 aliphatic carbocycles. The minimum atomic E-state index is -0.145. The van der Waals surface area contributed by atoms with Crippen LogP contribution >= 0.6 is 0 Å². The molecule has 146 valence electrons. The highest BCUT2D eigenvalue weighted by molar-refractivity contribution is 5.95. The van der Waals surface area contributed by atoms with E-state index in [1.54, 1.807) is 35.1 Å². The summed E-state index contributed by atoms with van der Waals surface area (Å²) >= 11 is 0. The van der Waals surface area contributed by atoms with Gasteiger partial charge in [-0.05, 0) is 30.3 Å². The summed E-state index contributed by atoms with van der Waals surface area (Å²) in [5.41, 5.74) is 2.44. The fraction of sp³-hybridized carbons (Fsp3) is 0.333. The first-order valence-electron chi connectivity index (χ1n) is 9.39. The van der Waals surface area contributed by atoms with Crippen LogP contribution in [0.3, 0.4) is 0 Å². The quantitative estimate of drug-likeness (QED) is 0.887. The molecule has 2 aromatic carbocycles. The van der Waals surface area contributed by atoms with Crippen molar-refractivity contribution < 1.29 is 19.1 Å². The van der Waals surface area contributed by atoms with Crippen molar-refractivity contribution in [3.63, 3.8) is 0 Å². The van der Waals surface area contributed by atoms with E-state index in [2.05, 4.69) is 5.32 Å². The molecule has 0 atom stereocenters. The van der Waals surface area contributed by atoms with Gasteiger partial charge in [0.1, 0.15) is 11.5 Å². The molecule has 2 aliphatic rings. The number of hydrogen-bond donors (Lipinski definition) is 1. The normalized spacial score (nSPS) is 15.6. The van der Waals surface area contributed by atoms with Gasteiger partial charge in [-0.15, -0.1) is 0 Å². The highest BCUT2D eigenvalue weighted by Crippen LogP contribution is 2.31. The highest BCUT2D eigenvalue weighted by atomic mass is 16.5. The number of carbonyl (C=O) groups excluding carboxylic acids is 2. The summed E-state index contributed by atoms with van der Waals surface area (Å²) in [7, 11) is 1.58. The number of piperazine rings is 1. The molecule has 2 heterocycles. The van der Waals surface area contributed by atoms with Gasteiger partial charge in [-0.3, -0.25) is 4.79 Å². The molecule has 2 aromatic rings. The van der Waals surface area contributed by atoms with Crippen molar-refractivity contribution in [1.82, 2.24) is 9.80 Å². The van der Waals surface area contributed by atoms with E-state index in [9.17, 15) is 9.59 Å². The van der Waals surface area contributed by atoms with Crippen LogP contribution in [0.25, 0.3) is 0 Å². The molecule has 0 saturated carbocycles. The van der Waals surface area contributed by atoms with Gasteiger partial charge in [-0.2, -0.15) is 0 Å². The van der Waals surface area contributed by atoms with Crippen LogP contribution in [0.15, 0.2) is 42.5 Å². The average molecular weight is 381 g/mol. The molecular weight excluding hydrogens is 358 g/mol. The molecule has 0 unspecified atom stereocenters. The maximum absolute atomic E-state index is 12.7. The summed E-state index contributed by atoms with van der Waals surface area (Å²) < 4.78 is 10.7. The van der Waals surface area contributed by atoms with Crippen LogP contribution in [-0.2, 0) is 6.42 Å². The van der Waals surface area contributed by atoms with Crippen LogP contribution in [0.5, 0.6) is 11.5 Å². The van der Waals surface area contributed by atoms with Gasteiger partial charge >= 0.3 is 6.03 Å². The lowest BCUT2D eigenvalue weighted by molar-refractivity contribution is 0.0671. The molecule has 0 spiro atoms. The second kappa shape index (κ2) is 7.80. The van der Waals surface area contributed by atoms with E-state index in [-0.39, 0.29) is 11.9 Å². The Morgan fingerprint density at radius 2 is 1.79 bits per heavy atom. The molecule has 7 heteroatoms. The van der Waals surface area contributed by atoms with Crippen LogP contribution in [0.1, 0.15) is 15.9 Å². The van der Waals surface area contributed by atoms with Crippen LogP contribution in [-0.4, -0.2) is 61.6 Å². The average Bonchev–Trinajstić information content (AvgIpc) is 3.23. The largest absolute Gasteiger partial charge is 0.497 e. The number of amides is 3. The Hall–Kier alpha value is -3.22. The van der Waals surface area contributed by atoms with Crippen molar-refractivity contribution in [3.8, 4) is 11.5 Å². The van der Waals surface area contributed by atoms with Gasteiger partial charge < -0.3 is 24.6 Å². The lowest BCUT2D eigenvalue weighted by atomic mass is 10.1. The Bertz CT molecular complexity index is 891. The van der Waals surface area contributed by atoms with Gasteiger partial charge in [0, 0.05) is 49.4 Å². The molecule has 0 bridgehead atoms. The third-order valence-corrected chi connectivity index (χ3v) is 5.16. The predicted octanol–water partition coefficient (Wildman–Crippen LogP) is 2.62. The molecule has 0 aromatic heterocycles. The molecule has 1 saturated heterocycles. The molecule has 7 nitrogen and oxygen atoms in total. The van der Waals surface area contributed by atoms with E-state index in [1.165, 1.54) is 0 Å². The number of ether oxygens (including phenoxy) is 2. The number of rotatable bonds is 3. The molecule has 1 fully saturated rings. The Morgan fingerprint density at radius 3 is 2.57 bits per heavy atom. The predicted molar refractivity (Wildman–Crippen MR) is 105 cm³/mol. The number of methoxy groups -OCH3 is 1. The van der Waals surface area contributed by atoms with Gasteiger partial charge in [0.25, 0.3) is 5.91 Å². The lowest BCUT2D eigenvalue weighted by Gasteiger charge is -2.34. The Kier molecular flexibility index (Phi) is 5.06. The standard InChI is InChI=1S/C21H23N3O4/c1-27-16-5-2-4-15(14-16)20(25)23-9-11-24(12-10-23)21(26)22-18-6-3-7-19-17(18)8-13-28-19/h2-7,14H,8-13H2,1H3,(H,22,26). The second-order valence-corrected chi connectivity index (χ2v) is 6.82. The molecule has 28 heavy (non-hydrogen) atoms. The molecule has 3 amide bonds. The fourth-order valence-corrected chi connectivity index (χ4v) is 3.58. The van der Waals surface area contributed by atoms with E-state index >= 15 is 0 Å². The van der Waals surface area contributed by atoms with Gasteiger partial charge in [0.15, 0.2) is 0 Å². The van der Waals surface area contributed by atoms with Crippen LogP contribution in [0.4, 0.5) is 10.5 Å². The van der Waals surface area contributed by atoms with Gasteiger partial charge in [0.2, 0.25) is 0 Å². The number of carbonyl (C=O) groups is 2. The summed E-state index contributed by atoms with van der Waals surface area (Å²) in [5.74, 6) is 1.45. The molecule has 2 aliphatic heterocycles. The monoisotopic (exact) mass is 381 g/mol. The Labute approximate surface area is 163 Å². The number of benzene rings is 2. The lowest BCUT2D eigenvalue weighted by Crippen LogP contribution is -2.51. The number of fused-ring (bicyclic) bond motifs is 1. The van der Waals surface area contributed by atoms with Gasteiger partial charge in [-0.25, -0.2) is 4.79 Å². The zero-order valence-electron chi connectivity index (χ0n) is 15.8. The number of urea groups is 1. The summed E-state index contributed by atoms with van der Waals surface area (Å²) in [5, 5.41) is 2.99. The summed E-state index contributed by atoms with van der Waals surface area (Å²) in [6, 6.07) is 12.7. The van der Waals surface area contributed by atoms with E-state index in [0.717, 1.165) is 23.4 Å². The van der Waals surface area contributed by atoms with Crippen molar-refractivity contribution in [2.75, 3.05) is 45.2 Å².